The Balaban J connectivity index is 1.64. The van der Waals surface area contributed by atoms with E-state index in [1.165, 1.54) is 19.3 Å². The lowest BCUT2D eigenvalue weighted by Gasteiger charge is -2.60. The van der Waals surface area contributed by atoms with Gasteiger partial charge in [0, 0.05) is 0 Å². The van der Waals surface area contributed by atoms with Gasteiger partial charge in [-0.25, -0.2) is 0 Å². The standard InChI is InChI=1S/C19H32/c1-18-11-5-7-16(18)15-9-8-14-6-3-4-12-19(14,2)17(15)10-13-18/h14-17H,3-13H2,1-2H3/t14-,15+,16+,17-,18+,19-/m1/s1. The Kier molecular flexibility index (Phi) is 2.84. The van der Waals surface area contributed by atoms with Gasteiger partial charge in [-0.1, -0.05) is 33.1 Å². The molecule has 108 valence electrons. The molecule has 4 rings (SSSR count). The van der Waals surface area contributed by atoms with Crippen LogP contribution in [-0.2, 0) is 0 Å². The Labute approximate surface area is 119 Å². The van der Waals surface area contributed by atoms with Gasteiger partial charge in [0.05, 0.1) is 0 Å². The summed E-state index contributed by atoms with van der Waals surface area (Å²) < 4.78 is 0. The highest BCUT2D eigenvalue weighted by atomic mass is 14.6. The maximum Gasteiger partial charge on any atom is -0.0266 e. The second kappa shape index (κ2) is 4.25. The van der Waals surface area contributed by atoms with E-state index in [-0.39, 0.29) is 0 Å². The van der Waals surface area contributed by atoms with Crippen LogP contribution in [0.1, 0.15) is 84.5 Å². The molecule has 4 saturated carbocycles. The second-order valence-electron chi connectivity index (χ2n) is 8.99. The molecule has 4 aliphatic rings. The summed E-state index contributed by atoms with van der Waals surface area (Å²) in [6, 6.07) is 0. The van der Waals surface area contributed by atoms with Crippen molar-refractivity contribution in [2.45, 2.75) is 84.5 Å². The topological polar surface area (TPSA) is 0 Å². The molecule has 0 heterocycles. The van der Waals surface area contributed by atoms with E-state index in [0.29, 0.717) is 0 Å². The lowest BCUT2D eigenvalue weighted by molar-refractivity contribution is -0.103. The zero-order valence-electron chi connectivity index (χ0n) is 13.1. The van der Waals surface area contributed by atoms with Crippen molar-refractivity contribution in [2.75, 3.05) is 0 Å². The van der Waals surface area contributed by atoms with E-state index >= 15 is 0 Å². The summed E-state index contributed by atoms with van der Waals surface area (Å²) >= 11 is 0. The molecule has 0 aromatic heterocycles. The lowest BCUT2D eigenvalue weighted by Crippen LogP contribution is -2.51. The van der Waals surface area contributed by atoms with E-state index in [1.54, 1.807) is 51.4 Å². The molecule has 4 fully saturated rings. The van der Waals surface area contributed by atoms with Gasteiger partial charge in [-0.2, -0.15) is 0 Å². The summed E-state index contributed by atoms with van der Waals surface area (Å²) in [5.41, 5.74) is 1.49. The van der Waals surface area contributed by atoms with Crippen LogP contribution in [0.3, 0.4) is 0 Å². The van der Waals surface area contributed by atoms with Crippen LogP contribution in [0.5, 0.6) is 0 Å². The van der Waals surface area contributed by atoms with Crippen molar-refractivity contribution >= 4 is 0 Å². The van der Waals surface area contributed by atoms with Gasteiger partial charge in [0.15, 0.2) is 0 Å². The number of hydrogen-bond acceptors (Lipinski definition) is 0. The van der Waals surface area contributed by atoms with Crippen molar-refractivity contribution in [1.82, 2.24) is 0 Å². The Morgan fingerprint density at radius 3 is 2.47 bits per heavy atom. The van der Waals surface area contributed by atoms with Gasteiger partial charge in [0.2, 0.25) is 0 Å². The minimum absolute atomic E-state index is 0.741. The molecule has 19 heavy (non-hydrogen) atoms. The summed E-state index contributed by atoms with van der Waals surface area (Å²) in [7, 11) is 0. The SMILES string of the molecule is C[C@@]12CCC[C@H]1[C@@H]1CC[C@H]3CCCC[C@@]3(C)[C@@H]1CC2. The molecule has 0 amide bonds. The highest BCUT2D eigenvalue weighted by Crippen LogP contribution is 2.66. The summed E-state index contributed by atoms with van der Waals surface area (Å²) in [6.45, 7) is 5.33. The quantitative estimate of drug-likeness (QED) is 0.515. The largest absolute Gasteiger partial charge is 0.0594 e. The van der Waals surface area contributed by atoms with Crippen molar-refractivity contribution in [3.05, 3.63) is 0 Å². The van der Waals surface area contributed by atoms with Crippen molar-refractivity contribution in [3.8, 4) is 0 Å². The van der Waals surface area contributed by atoms with Gasteiger partial charge in [-0.15, -0.1) is 0 Å². The first-order valence-corrected chi connectivity index (χ1v) is 9.13. The Morgan fingerprint density at radius 1 is 0.684 bits per heavy atom. The minimum Gasteiger partial charge on any atom is -0.0594 e. The molecule has 0 unspecified atom stereocenters. The lowest BCUT2D eigenvalue weighted by atomic mass is 9.45. The molecule has 0 bridgehead atoms. The molecule has 4 aliphatic carbocycles. The summed E-state index contributed by atoms with van der Waals surface area (Å²) in [6.07, 6.45) is 17.1. The maximum absolute atomic E-state index is 2.70. The second-order valence-corrected chi connectivity index (χ2v) is 8.99. The molecule has 0 aliphatic heterocycles. The van der Waals surface area contributed by atoms with Gasteiger partial charge in [0.25, 0.3) is 0 Å². The van der Waals surface area contributed by atoms with Crippen LogP contribution in [0.2, 0.25) is 0 Å². The Morgan fingerprint density at radius 2 is 1.58 bits per heavy atom. The van der Waals surface area contributed by atoms with Gasteiger partial charge < -0.3 is 0 Å². The Bertz CT molecular complexity index is 359. The van der Waals surface area contributed by atoms with Crippen LogP contribution in [0, 0.1) is 34.5 Å². The van der Waals surface area contributed by atoms with Crippen LogP contribution < -0.4 is 0 Å². The maximum atomic E-state index is 2.70. The van der Waals surface area contributed by atoms with E-state index < -0.39 is 0 Å². The molecule has 0 saturated heterocycles. The van der Waals surface area contributed by atoms with E-state index in [9.17, 15) is 0 Å². The Hall–Kier alpha value is 0. The van der Waals surface area contributed by atoms with E-state index in [0.717, 1.165) is 34.5 Å². The van der Waals surface area contributed by atoms with Crippen LogP contribution in [-0.4, -0.2) is 0 Å². The molecule has 6 atom stereocenters. The number of fused-ring (bicyclic) bond motifs is 5. The fraction of sp³-hybridized carbons (Fsp3) is 1.00. The van der Waals surface area contributed by atoms with Crippen LogP contribution in [0.15, 0.2) is 0 Å². The molecule has 0 aromatic carbocycles. The molecular formula is C19H32. The normalized spacial score (nSPS) is 57.2. The first kappa shape index (κ1) is 12.7. The van der Waals surface area contributed by atoms with E-state index in [1.807, 2.05) is 0 Å². The van der Waals surface area contributed by atoms with Gasteiger partial charge in [-0.3, -0.25) is 0 Å². The molecule has 0 nitrogen and oxygen atoms in total. The predicted molar refractivity (Wildman–Crippen MR) is 81.0 cm³/mol. The van der Waals surface area contributed by atoms with E-state index in [4.69, 9.17) is 0 Å². The van der Waals surface area contributed by atoms with Crippen molar-refractivity contribution < 1.29 is 0 Å². The monoisotopic (exact) mass is 260 g/mol. The minimum atomic E-state index is 0.741. The van der Waals surface area contributed by atoms with Gasteiger partial charge in [0.1, 0.15) is 0 Å². The van der Waals surface area contributed by atoms with E-state index in [2.05, 4.69) is 13.8 Å². The van der Waals surface area contributed by atoms with Crippen molar-refractivity contribution in [2.24, 2.45) is 34.5 Å². The third-order valence-electron chi connectivity index (χ3n) is 8.36. The molecule has 0 N–H and O–H groups in total. The fourth-order valence-corrected chi connectivity index (χ4v) is 7.29. The first-order valence-electron chi connectivity index (χ1n) is 9.13. The van der Waals surface area contributed by atoms with Crippen molar-refractivity contribution in [1.29, 1.82) is 0 Å². The fourth-order valence-electron chi connectivity index (χ4n) is 7.29. The molecule has 0 heteroatoms. The first-order chi connectivity index (χ1) is 9.13. The summed E-state index contributed by atoms with van der Waals surface area (Å²) in [5.74, 6) is 4.41. The number of rotatable bonds is 0. The highest BCUT2D eigenvalue weighted by Gasteiger charge is 2.56. The molecule has 0 radical (unpaired) electrons. The smallest absolute Gasteiger partial charge is 0.0266 e. The van der Waals surface area contributed by atoms with Crippen LogP contribution >= 0.6 is 0 Å². The average molecular weight is 260 g/mol. The van der Waals surface area contributed by atoms with Gasteiger partial charge in [-0.05, 0) is 85.9 Å². The third kappa shape index (κ3) is 1.70. The van der Waals surface area contributed by atoms with Crippen molar-refractivity contribution in [3.63, 3.8) is 0 Å². The third-order valence-corrected chi connectivity index (χ3v) is 8.36. The van der Waals surface area contributed by atoms with Gasteiger partial charge >= 0.3 is 0 Å². The summed E-state index contributed by atoms with van der Waals surface area (Å²) in [4.78, 5) is 0. The highest BCUT2D eigenvalue weighted by molar-refractivity contribution is 5.06. The van der Waals surface area contributed by atoms with Crippen LogP contribution in [0.25, 0.3) is 0 Å². The molecular weight excluding hydrogens is 228 g/mol. The summed E-state index contributed by atoms with van der Waals surface area (Å²) in [5, 5.41) is 0. The number of hydrogen-bond donors (Lipinski definition) is 0. The predicted octanol–water partition coefficient (Wildman–Crippen LogP) is 5.81. The average Bonchev–Trinajstić information content (AvgIpc) is 2.79. The van der Waals surface area contributed by atoms with Crippen LogP contribution in [0.4, 0.5) is 0 Å². The molecule has 0 spiro atoms. The molecule has 0 aromatic rings. The zero-order valence-corrected chi connectivity index (χ0v) is 13.1. The zero-order chi connectivity index (χ0) is 13.1.